The van der Waals surface area contributed by atoms with Crippen LogP contribution in [0.5, 0.6) is 5.75 Å². The highest BCUT2D eigenvalue weighted by atomic mass is 16.5. The van der Waals surface area contributed by atoms with Crippen LogP contribution in [0, 0.1) is 0 Å². The van der Waals surface area contributed by atoms with Crippen molar-refractivity contribution in [2.75, 3.05) is 18.6 Å². The predicted octanol–water partition coefficient (Wildman–Crippen LogP) is 3.06. The van der Waals surface area contributed by atoms with Gasteiger partial charge in [0.1, 0.15) is 5.75 Å². The van der Waals surface area contributed by atoms with E-state index >= 15 is 0 Å². The predicted molar refractivity (Wildman–Crippen MR) is 83.7 cm³/mol. The van der Waals surface area contributed by atoms with E-state index in [1.165, 1.54) is 11.0 Å². The Morgan fingerprint density at radius 1 is 1.09 bits per heavy atom. The van der Waals surface area contributed by atoms with Gasteiger partial charge in [-0.25, -0.2) is 4.79 Å². The van der Waals surface area contributed by atoms with Crippen LogP contribution in [0.3, 0.4) is 0 Å². The summed E-state index contributed by atoms with van der Waals surface area (Å²) in [5, 5.41) is 9.21. The fourth-order valence-electron chi connectivity index (χ4n) is 2.11. The molecule has 0 unspecified atom stereocenters. The average molecular weight is 299 g/mol. The number of anilines is 1. The number of carbonyl (C=O) groups excluding carboxylic acids is 1. The van der Waals surface area contributed by atoms with Crippen molar-refractivity contribution in [3.63, 3.8) is 0 Å². The maximum absolute atomic E-state index is 12.5. The van der Waals surface area contributed by atoms with Crippen molar-refractivity contribution in [3.8, 4) is 5.75 Å². The van der Waals surface area contributed by atoms with Gasteiger partial charge in [-0.15, -0.1) is 0 Å². The second-order valence-electron chi connectivity index (χ2n) is 4.64. The van der Waals surface area contributed by atoms with Crippen molar-refractivity contribution in [2.45, 2.75) is 6.92 Å². The van der Waals surface area contributed by atoms with E-state index in [2.05, 4.69) is 0 Å². The molecule has 1 N–H and O–H groups in total. The zero-order chi connectivity index (χ0) is 16.1. The Kier molecular flexibility index (Phi) is 4.78. The standard InChI is InChI=1S/C17H17NO4/c1-3-22-13-10-8-12(9-11-13)16(19)18(2)15-7-5-4-6-14(15)17(20)21/h4-11H,3H2,1-2H3,(H,20,21). The molecule has 0 radical (unpaired) electrons. The molecule has 0 fully saturated rings. The van der Waals surface area contributed by atoms with Crippen molar-refractivity contribution in [1.29, 1.82) is 0 Å². The van der Waals surface area contributed by atoms with Gasteiger partial charge in [-0.05, 0) is 43.3 Å². The Labute approximate surface area is 128 Å². The molecule has 114 valence electrons. The minimum Gasteiger partial charge on any atom is -0.494 e. The Morgan fingerprint density at radius 3 is 2.32 bits per heavy atom. The number of carboxylic acid groups (broad SMARTS) is 1. The molecule has 2 aromatic rings. The van der Waals surface area contributed by atoms with Crippen LogP contribution in [-0.2, 0) is 0 Å². The van der Waals surface area contributed by atoms with Gasteiger partial charge < -0.3 is 14.7 Å². The van der Waals surface area contributed by atoms with Crippen LogP contribution in [0.25, 0.3) is 0 Å². The van der Waals surface area contributed by atoms with Crippen molar-refractivity contribution < 1.29 is 19.4 Å². The van der Waals surface area contributed by atoms with Gasteiger partial charge in [-0.2, -0.15) is 0 Å². The summed E-state index contributed by atoms with van der Waals surface area (Å²) in [4.78, 5) is 25.1. The van der Waals surface area contributed by atoms with Crippen LogP contribution in [-0.4, -0.2) is 30.6 Å². The van der Waals surface area contributed by atoms with Crippen LogP contribution in [0.1, 0.15) is 27.6 Å². The van der Waals surface area contributed by atoms with Gasteiger partial charge >= 0.3 is 5.97 Å². The van der Waals surface area contributed by atoms with Crippen molar-refractivity contribution in [1.82, 2.24) is 0 Å². The van der Waals surface area contributed by atoms with Gasteiger partial charge in [0.05, 0.1) is 17.9 Å². The molecule has 0 spiro atoms. The zero-order valence-corrected chi connectivity index (χ0v) is 12.4. The average Bonchev–Trinajstić information content (AvgIpc) is 2.54. The summed E-state index contributed by atoms with van der Waals surface area (Å²) in [6.07, 6.45) is 0. The first kappa shape index (κ1) is 15.6. The second-order valence-corrected chi connectivity index (χ2v) is 4.64. The van der Waals surface area contributed by atoms with E-state index in [4.69, 9.17) is 4.74 Å². The minimum atomic E-state index is -1.07. The normalized spacial score (nSPS) is 10.1. The molecule has 0 aliphatic carbocycles. The quantitative estimate of drug-likeness (QED) is 0.921. The highest BCUT2D eigenvalue weighted by Gasteiger charge is 2.19. The number of benzene rings is 2. The van der Waals surface area contributed by atoms with Crippen molar-refractivity contribution >= 4 is 17.6 Å². The van der Waals surface area contributed by atoms with Gasteiger partial charge in [0.2, 0.25) is 0 Å². The van der Waals surface area contributed by atoms with Gasteiger partial charge in [0, 0.05) is 12.6 Å². The first-order valence-electron chi connectivity index (χ1n) is 6.87. The lowest BCUT2D eigenvalue weighted by molar-refractivity contribution is 0.0697. The van der Waals surface area contributed by atoms with Gasteiger partial charge in [0.15, 0.2) is 0 Å². The molecular formula is C17H17NO4. The molecule has 0 heterocycles. The molecule has 2 rings (SSSR count). The summed E-state index contributed by atoms with van der Waals surface area (Å²) in [6, 6.07) is 13.2. The molecule has 0 bridgehead atoms. The number of hydrogen-bond donors (Lipinski definition) is 1. The molecular weight excluding hydrogens is 282 g/mol. The lowest BCUT2D eigenvalue weighted by atomic mass is 10.1. The SMILES string of the molecule is CCOc1ccc(C(=O)N(C)c2ccccc2C(=O)O)cc1. The highest BCUT2D eigenvalue weighted by Crippen LogP contribution is 2.22. The molecule has 0 aliphatic heterocycles. The molecule has 0 aromatic heterocycles. The van der Waals surface area contributed by atoms with Crippen LogP contribution in [0.4, 0.5) is 5.69 Å². The first-order valence-corrected chi connectivity index (χ1v) is 6.87. The van der Waals surface area contributed by atoms with E-state index in [1.54, 1.807) is 49.5 Å². The van der Waals surface area contributed by atoms with E-state index in [0.717, 1.165) is 0 Å². The van der Waals surface area contributed by atoms with E-state index in [9.17, 15) is 14.7 Å². The summed E-state index contributed by atoms with van der Waals surface area (Å²) in [6.45, 7) is 2.44. The number of para-hydroxylation sites is 1. The number of carboxylic acids is 1. The largest absolute Gasteiger partial charge is 0.494 e. The topological polar surface area (TPSA) is 66.8 Å². The molecule has 0 aliphatic rings. The van der Waals surface area contributed by atoms with Crippen LogP contribution in [0.2, 0.25) is 0 Å². The lowest BCUT2D eigenvalue weighted by Gasteiger charge is -2.19. The minimum absolute atomic E-state index is 0.0873. The number of rotatable bonds is 5. The summed E-state index contributed by atoms with van der Waals surface area (Å²) >= 11 is 0. The summed E-state index contributed by atoms with van der Waals surface area (Å²) in [7, 11) is 1.56. The molecule has 22 heavy (non-hydrogen) atoms. The highest BCUT2D eigenvalue weighted by molar-refractivity contribution is 6.09. The summed E-state index contributed by atoms with van der Waals surface area (Å²) < 4.78 is 5.33. The monoisotopic (exact) mass is 299 g/mol. The molecule has 5 heteroatoms. The maximum atomic E-state index is 12.5. The Balaban J connectivity index is 2.27. The maximum Gasteiger partial charge on any atom is 0.337 e. The summed E-state index contributed by atoms with van der Waals surface area (Å²) in [5.74, 6) is -0.661. The van der Waals surface area contributed by atoms with E-state index in [1.807, 2.05) is 6.92 Å². The Bertz CT molecular complexity index is 679. The van der Waals surface area contributed by atoms with Crippen LogP contribution in [0.15, 0.2) is 48.5 Å². The number of nitrogens with zero attached hydrogens (tertiary/aromatic N) is 1. The van der Waals surface area contributed by atoms with Crippen LogP contribution < -0.4 is 9.64 Å². The van der Waals surface area contributed by atoms with Gasteiger partial charge in [-0.3, -0.25) is 4.79 Å². The fraction of sp³-hybridized carbons (Fsp3) is 0.176. The number of ether oxygens (including phenoxy) is 1. The number of aromatic carboxylic acids is 1. The second kappa shape index (κ2) is 6.76. The van der Waals surface area contributed by atoms with Crippen molar-refractivity contribution in [3.05, 3.63) is 59.7 Å². The van der Waals surface area contributed by atoms with Crippen molar-refractivity contribution in [2.24, 2.45) is 0 Å². The van der Waals surface area contributed by atoms with E-state index < -0.39 is 5.97 Å². The fourth-order valence-corrected chi connectivity index (χ4v) is 2.11. The number of hydrogen-bond acceptors (Lipinski definition) is 3. The third-order valence-corrected chi connectivity index (χ3v) is 3.21. The van der Waals surface area contributed by atoms with E-state index in [0.29, 0.717) is 23.6 Å². The summed E-state index contributed by atoms with van der Waals surface area (Å²) in [5.41, 5.74) is 0.907. The Morgan fingerprint density at radius 2 is 1.73 bits per heavy atom. The molecule has 0 atom stereocenters. The Hall–Kier alpha value is -2.82. The van der Waals surface area contributed by atoms with Gasteiger partial charge in [0.25, 0.3) is 5.91 Å². The molecule has 2 aromatic carbocycles. The first-order chi connectivity index (χ1) is 10.5. The molecule has 1 amide bonds. The lowest BCUT2D eigenvalue weighted by Crippen LogP contribution is -2.27. The number of amides is 1. The van der Waals surface area contributed by atoms with E-state index in [-0.39, 0.29) is 11.5 Å². The number of carbonyl (C=O) groups is 2. The molecule has 5 nitrogen and oxygen atoms in total. The molecule has 0 saturated carbocycles. The molecule has 0 saturated heterocycles. The zero-order valence-electron chi connectivity index (χ0n) is 12.4. The third-order valence-electron chi connectivity index (χ3n) is 3.21. The smallest absolute Gasteiger partial charge is 0.337 e. The van der Waals surface area contributed by atoms with Gasteiger partial charge in [-0.1, -0.05) is 12.1 Å². The third kappa shape index (κ3) is 3.25. The van der Waals surface area contributed by atoms with Crippen LogP contribution >= 0.6 is 0 Å².